The van der Waals surface area contributed by atoms with Gasteiger partial charge in [-0.15, -0.1) is 10.2 Å². The van der Waals surface area contributed by atoms with Crippen molar-refractivity contribution < 1.29 is 9.13 Å². The summed E-state index contributed by atoms with van der Waals surface area (Å²) < 4.78 is 21.9. The summed E-state index contributed by atoms with van der Waals surface area (Å²) in [6, 6.07) is 13.3. The lowest BCUT2D eigenvalue weighted by molar-refractivity contribution is 0.343. The first kappa shape index (κ1) is 16.6. The lowest BCUT2D eigenvalue weighted by Gasteiger charge is -2.08. The number of aromatic nitrogens is 4. The third-order valence-corrected chi connectivity index (χ3v) is 4.89. The van der Waals surface area contributed by atoms with Gasteiger partial charge in [-0.3, -0.25) is 13.8 Å². The molecule has 2 aromatic carbocycles. The summed E-state index contributed by atoms with van der Waals surface area (Å²) >= 11 is 1.48. The Kier molecular flexibility index (Phi) is 4.34. The van der Waals surface area contributed by atoms with Gasteiger partial charge in [0.1, 0.15) is 11.6 Å². The molecule has 0 aliphatic carbocycles. The van der Waals surface area contributed by atoms with Crippen LogP contribution in [0.1, 0.15) is 0 Å². The number of halogens is 1. The van der Waals surface area contributed by atoms with Crippen molar-refractivity contribution in [2.24, 2.45) is 7.05 Å². The van der Waals surface area contributed by atoms with Crippen LogP contribution in [0.4, 0.5) is 4.39 Å². The molecule has 0 atom stereocenters. The fourth-order valence-corrected chi connectivity index (χ4v) is 3.48. The van der Waals surface area contributed by atoms with Crippen LogP contribution in [0.5, 0.6) is 5.75 Å². The predicted octanol–water partition coefficient (Wildman–Crippen LogP) is 2.89. The summed E-state index contributed by atoms with van der Waals surface area (Å²) in [6.07, 6.45) is 0. The number of rotatable bonds is 5. The number of aryl methyl sites for hydroxylation is 1. The van der Waals surface area contributed by atoms with Gasteiger partial charge in [0.25, 0.3) is 5.56 Å². The molecule has 4 aromatic rings. The van der Waals surface area contributed by atoms with Gasteiger partial charge in [-0.1, -0.05) is 23.9 Å². The highest BCUT2D eigenvalue weighted by atomic mass is 32.2. The number of benzene rings is 2. The molecule has 0 radical (unpaired) electrons. The first-order valence-electron chi connectivity index (χ1n) is 7.99. The second kappa shape index (κ2) is 6.80. The average molecular weight is 370 g/mol. The first-order chi connectivity index (χ1) is 12.6. The normalized spacial score (nSPS) is 11.3. The molecule has 0 saturated carbocycles. The van der Waals surface area contributed by atoms with Crippen molar-refractivity contribution in [2.75, 3.05) is 12.4 Å². The highest BCUT2D eigenvalue weighted by Gasteiger charge is 2.14. The molecule has 2 aromatic heterocycles. The smallest absolute Gasteiger partial charge is 0.262 e. The summed E-state index contributed by atoms with van der Waals surface area (Å²) in [5.74, 6) is 1.45. The molecule has 0 saturated heterocycles. The number of para-hydroxylation sites is 1. The molecule has 0 aliphatic rings. The maximum atomic E-state index is 12.9. The van der Waals surface area contributed by atoms with E-state index < -0.39 is 0 Å². The summed E-state index contributed by atoms with van der Waals surface area (Å²) in [6.45, 7) is 0.439. The Hall–Kier alpha value is -2.87. The largest absolute Gasteiger partial charge is 0.493 e. The number of hydrogen-bond donors (Lipinski definition) is 0. The van der Waals surface area contributed by atoms with Crippen molar-refractivity contribution in [1.29, 1.82) is 0 Å². The van der Waals surface area contributed by atoms with E-state index in [1.807, 2.05) is 22.6 Å². The average Bonchev–Trinajstić information content (AvgIpc) is 3.09. The molecule has 6 nitrogen and oxygen atoms in total. The van der Waals surface area contributed by atoms with Gasteiger partial charge < -0.3 is 4.74 Å². The molecule has 0 unspecified atom stereocenters. The zero-order valence-electron chi connectivity index (χ0n) is 13.9. The molecular weight excluding hydrogens is 355 g/mol. The minimum atomic E-state index is -0.292. The Bertz CT molecular complexity index is 1140. The van der Waals surface area contributed by atoms with Crippen LogP contribution in [0.3, 0.4) is 0 Å². The molecule has 8 heteroatoms. The van der Waals surface area contributed by atoms with Gasteiger partial charge in [0, 0.05) is 12.8 Å². The number of fused-ring (bicyclic) bond motifs is 3. The number of ether oxygens (including phenoxy) is 1. The van der Waals surface area contributed by atoms with Crippen molar-refractivity contribution in [3.63, 3.8) is 0 Å². The van der Waals surface area contributed by atoms with E-state index >= 15 is 0 Å². The molecule has 0 N–H and O–H groups in total. The molecular formula is C18H15FN4O2S. The van der Waals surface area contributed by atoms with Gasteiger partial charge in [0.15, 0.2) is 5.16 Å². The van der Waals surface area contributed by atoms with Gasteiger partial charge in [0.2, 0.25) is 5.78 Å². The van der Waals surface area contributed by atoms with Crippen LogP contribution < -0.4 is 10.3 Å². The Morgan fingerprint density at radius 2 is 1.88 bits per heavy atom. The maximum Gasteiger partial charge on any atom is 0.262 e. The molecule has 2 heterocycles. The van der Waals surface area contributed by atoms with E-state index in [2.05, 4.69) is 10.2 Å². The summed E-state index contributed by atoms with van der Waals surface area (Å²) in [4.78, 5) is 12.4. The molecule has 0 amide bonds. The Labute approximate surface area is 152 Å². The number of hydrogen-bond acceptors (Lipinski definition) is 5. The standard InChI is InChI=1S/C18H15FN4O2S/c1-22-16(24)14-4-2-3-5-15(14)23-17(22)20-21-18(23)26-11-10-25-13-8-6-12(19)7-9-13/h2-9H,10-11H2,1H3. The molecule has 132 valence electrons. The first-order valence-corrected chi connectivity index (χ1v) is 8.98. The molecule has 0 aliphatic heterocycles. The zero-order valence-corrected chi connectivity index (χ0v) is 14.7. The van der Waals surface area contributed by atoms with E-state index in [9.17, 15) is 9.18 Å². The van der Waals surface area contributed by atoms with Gasteiger partial charge >= 0.3 is 0 Å². The molecule has 0 fully saturated rings. The minimum absolute atomic E-state index is 0.100. The van der Waals surface area contributed by atoms with E-state index in [0.717, 1.165) is 5.52 Å². The highest BCUT2D eigenvalue weighted by molar-refractivity contribution is 7.99. The minimum Gasteiger partial charge on any atom is -0.493 e. The quantitative estimate of drug-likeness (QED) is 0.399. The summed E-state index contributed by atoms with van der Waals surface area (Å²) in [5, 5.41) is 9.67. The third-order valence-electron chi connectivity index (χ3n) is 3.99. The van der Waals surface area contributed by atoms with Crippen molar-refractivity contribution in [3.8, 4) is 5.75 Å². The lowest BCUT2D eigenvalue weighted by atomic mass is 10.2. The Morgan fingerprint density at radius 1 is 1.12 bits per heavy atom. The van der Waals surface area contributed by atoms with E-state index in [4.69, 9.17) is 4.74 Å². The van der Waals surface area contributed by atoms with E-state index in [0.29, 0.717) is 34.4 Å². The number of nitrogens with zero attached hydrogens (tertiary/aromatic N) is 4. The van der Waals surface area contributed by atoms with E-state index in [1.165, 1.54) is 28.5 Å². The lowest BCUT2D eigenvalue weighted by Crippen LogP contribution is -2.20. The highest BCUT2D eigenvalue weighted by Crippen LogP contribution is 2.21. The summed E-state index contributed by atoms with van der Waals surface area (Å²) in [7, 11) is 1.69. The van der Waals surface area contributed by atoms with Crippen molar-refractivity contribution in [2.45, 2.75) is 5.16 Å². The molecule has 0 bridgehead atoms. The van der Waals surface area contributed by atoms with Crippen LogP contribution in [-0.4, -0.2) is 31.5 Å². The Balaban J connectivity index is 1.57. The van der Waals surface area contributed by atoms with Gasteiger partial charge in [-0.05, 0) is 36.4 Å². The maximum absolute atomic E-state index is 12.9. The molecule has 26 heavy (non-hydrogen) atoms. The van der Waals surface area contributed by atoms with Gasteiger partial charge in [-0.2, -0.15) is 0 Å². The van der Waals surface area contributed by atoms with Gasteiger partial charge in [0.05, 0.1) is 17.5 Å². The Morgan fingerprint density at radius 3 is 2.69 bits per heavy atom. The second-order valence-electron chi connectivity index (χ2n) is 5.65. The van der Waals surface area contributed by atoms with Crippen LogP contribution in [0.2, 0.25) is 0 Å². The fourth-order valence-electron chi connectivity index (χ4n) is 2.73. The second-order valence-corrected chi connectivity index (χ2v) is 6.71. The molecule has 0 spiro atoms. The SMILES string of the molecule is Cn1c(=O)c2ccccc2n2c(SCCOc3ccc(F)cc3)nnc12. The van der Waals surface area contributed by atoms with Crippen molar-refractivity contribution in [3.05, 3.63) is 64.7 Å². The zero-order chi connectivity index (χ0) is 18.1. The predicted molar refractivity (Wildman–Crippen MR) is 98.4 cm³/mol. The van der Waals surface area contributed by atoms with E-state index in [-0.39, 0.29) is 11.4 Å². The van der Waals surface area contributed by atoms with Crippen LogP contribution in [0.15, 0.2) is 58.5 Å². The van der Waals surface area contributed by atoms with Gasteiger partial charge in [-0.25, -0.2) is 4.39 Å². The van der Waals surface area contributed by atoms with Crippen molar-refractivity contribution in [1.82, 2.24) is 19.2 Å². The van der Waals surface area contributed by atoms with Crippen LogP contribution in [0.25, 0.3) is 16.7 Å². The fraction of sp³-hybridized carbons (Fsp3) is 0.167. The topological polar surface area (TPSA) is 61.4 Å². The van der Waals surface area contributed by atoms with Crippen molar-refractivity contribution >= 4 is 28.4 Å². The van der Waals surface area contributed by atoms with Crippen LogP contribution >= 0.6 is 11.8 Å². The van der Waals surface area contributed by atoms with Crippen LogP contribution in [-0.2, 0) is 7.05 Å². The third kappa shape index (κ3) is 2.92. The van der Waals surface area contributed by atoms with E-state index in [1.54, 1.807) is 25.2 Å². The van der Waals surface area contributed by atoms with Crippen LogP contribution in [0, 0.1) is 5.82 Å². The summed E-state index contributed by atoms with van der Waals surface area (Å²) in [5.41, 5.74) is 0.675. The number of thioether (sulfide) groups is 1. The molecule has 4 rings (SSSR count). The monoisotopic (exact) mass is 370 g/mol.